The van der Waals surface area contributed by atoms with Gasteiger partial charge in [-0.2, -0.15) is 0 Å². The van der Waals surface area contributed by atoms with Crippen LogP contribution in [0.1, 0.15) is 19.3 Å². The number of guanidine groups is 1. The first-order valence-corrected chi connectivity index (χ1v) is 5.10. The van der Waals surface area contributed by atoms with Gasteiger partial charge in [0, 0.05) is 19.8 Å². The van der Waals surface area contributed by atoms with Crippen LogP contribution >= 0.6 is 0 Å². The highest BCUT2D eigenvalue weighted by atomic mass is 15.4. The fourth-order valence-corrected chi connectivity index (χ4v) is 2.63. The normalized spacial score (nSPS) is 36.2. The highest BCUT2D eigenvalue weighted by Crippen LogP contribution is 2.33. The summed E-state index contributed by atoms with van der Waals surface area (Å²) in [6.45, 7) is 1.01. The molecule has 0 aromatic rings. The fourth-order valence-electron chi connectivity index (χ4n) is 2.63. The minimum atomic E-state index is 0.584. The molecular formula is C10H15N3. The maximum Gasteiger partial charge on any atom is 0.201 e. The molecule has 13 heavy (non-hydrogen) atoms. The summed E-state index contributed by atoms with van der Waals surface area (Å²) >= 11 is 0. The molecule has 1 saturated carbocycles. The Bertz CT molecular complexity index is 282. The van der Waals surface area contributed by atoms with E-state index in [0.717, 1.165) is 6.54 Å². The molecule has 0 N–H and O–H groups in total. The predicted molar refractivity (Wildman–Crippen MR) is 52.5 cm³/mol. The summed E-state index contributed by atoms with van der Waals surface area (Å²) in [6, 6.07) is 1.26. The van der Waals surface area contributed by atoms with Gasteiger partial charge in [-0.15, -0.1) is 0 Å². The van der Waals surface area contributed by atoms with Gasteiger partial charge in [0.15, 0.2) is 0 Å². The molecule has 2 atom stereocenters. The smallest absolute Gasteiger partial charge is 0.201 e. The standard InChI is InChI=1S/C10H15N3/c1-12-6-3-7-13-9-5-2-4-8(9)11-10(12)13/h3,7-9H,2,4-6H2,1H3. The maximum absolute atomic E-state index is 4.77. The molecule has 3 nitrogen and oxygen atoms in total. The molecule has 0 spiro atoms. The van der Waals surface area contributed by atoms with Crippen LogP contribution in [0.2, 0.25) is 0 Å². The van der Waals surface area contributed by atoms with Crippen LogP contribution in [0.15, 0.2) is 17.3 Å². The largest absolute Gasteiger partial charge is 0.342 e. The Kier molecular flexibility index (Phi) is 1.43. The van der Waals surface area contributed by atoms with Crippen LogP contribution in [0.5, 0.6) is 0 Å². The summed E-state index contributed by atoms with van der Waals surface area (Å²) < 4.78 is 0. The van der Waals surface area contributed by atoms with Gasteiger partial charge in [0.25, 0.3) is 0 Å². The van der Waals surface area contributed by atoms with E-state index in [-0.39, 0.29) is 0 Å². The van der Waals surface area contributed by atoms with Gasteiger partial charge in [0.1, 0.15) is 0 Å². The van der Waals surface area contributed by atoms with E-state index in [1.807, 2.05) is 0 Å². The number of rotatable bonds is 0. The zero-order chi connectivity index (χ0) is 8.84. The lowest BCUT2D eigenvalue weighted by Crippen LogP contribution is -2.43. The third kappa shape index (κ3) is 0.929. The Hall–Kier alpha value is -0.990. The minimum absolute atomic E-state index is 0.584. The van der Waals surface area contributed by atoms with Gasteiger partial charge < -0.3 is 9.80 Å². The van der Waals surface area contributed by atoms with E-state index in [0.29, 0.717) is 12.1 Å². The zero-order valence-corrected chi connectivity index (χ0v) is 7.98. The predicted octanol–water partition coefficient (Wildman–Crippen LogP) is 1.04. The molecule has 0 radical (unpaired) electrons. The molecular weight excluding hydrogens is 162 g/mol. The van der Waals surface area contributed by atoms with E-state index in [9.17, 15) is 0 Å². The molecule has 1 fully saturated rings. The molecule has 0 saturated heterocycles. The molecule has 3 rings (SSSR count). The first-order valence-electron chi connectivity index (χ1n) is 5.10. The molecule has 0 aromatic heterocycles. The van der Waals surface area contributed by atoms with Crippen LogP contribution in [0.25, 0.3) is 0 Å². The third-order valence-corrected chi connectivity index (χ3v) is 3.30. The van der Waals surface area contributed by atoms with Crippen LogP contribution < -0.4 is 0 Å². The second-order valence-corrected chi connectivity index (χ2v) is 4.17. The van der Waals surface area contributed by atoms with Gasteiger partial charge in [-0.1, -0.05) is 0 Å². The summed E-state index contributed by atoms with van der Waals surface area (Å²) in [7, 11) is 2.12. The van der Waals surface area contributed by atoms with E-state index < -0.39 is 0 Å². The zero-order valence-electron chi connectivity index (χ0n) is 7.98. The van der Waals surface area contributed by atoms with Crippen LogP contribution in [0.3, 0.4) is 0 Å². The summed E-state index contributed by atoms with van der Waals surface area (Å²) in [4.78, 5) is 9.37. The molecule has 3 heteroatoms. The van der Waals surface area contributed by atoms with Crippen molar-refractivity contribution in [2.45, 2.75) is 31.3 Å². The van der Waals surface area contributed by atoms with Crippen molar-refractivity contribution in [1.82, 2.24) is 9.80 Å². The Morgan fingerprint density at radius 3 is 3.31 bits per heavy atom. The average molecular weight is 177 g/mol. The topological polar surface area (TPSA) is 18.8 Å². The minimum Gasteiger partial charge on any atom is -0.342 e. The van der Waals surface area contributed by atoms with Crippen molar-refractivity contribution in [3.05, 3.63) is 12.3 Å². The van der Waals surface area contributed by atoms with E-state index in [1.165, 1.54) is 25.2 Å². The van der Waals surface area contributed by atoms with E-state index in [2.05, 4.69) is 29.1 Å². The second kappa shape index (κ2) is 2.50. The van der Waals surface area contributed by atoms with Crippen LogP contribution in [0, 0.1) is 0 Å². The third-order valence-electron chi connectivity index (χ3n) is 3.30. The first kappa shape index (κ1) is 7.42. The van der Waals surface area contributed by atoms with Crippen molar-refractivity contribution in [3.63, 3.8) is 0 Å². The number of fused-ring (bicyclic) bond motifs is 3. The van der Waals surface area contributed by atoms with Crippen molar-refractivity contribution in [2.75, 3.05) is 13.6 Å². The lowest BCUT2D eigenvalue weighted by molar-refractivity contribution is 0.359. The first-order chi connectivity index (χ1) is 6.36. The van der Waals surface area contributed by atoms with E-state index in [1.54, 1.807) is 0 Å². The van der Waals surface area contributed by atoms with E-state index in [4.69, 9.17) is 4.99 Å². The van der Waals surface area contributed by atoms with Crippen LogP contribution in [0.4, 0.5) is 0 Å². The number of hydrogen-bond acceptors (Lipinski definition) is 3. The maximum atomic E-state index is 4.77. The number of nitrogens with zero attached hydrogens (tertiary/aromatic N) is 3. The van der Waals surface area contributed by atoms with E-state index >= 15 is 0 Å². The number of hydrogen-bond donors (Lipinski definition) is 0. The lowest BCUT2D eigenvalue weighted by Gasteiger charge is -2.31. The molecule has 2 unspecified atom stereocenters. The van der Waals surface area contributed by atoms with Crippen LogP contribution in [-0.4, -0.2) is 41.4 Å². The van der Waals surface area contributed by atoms with Crippen molar-refractivity contribution in [3.8, 4) is 0 Å². The molecule has 0 bridgehead atoms. The number of aliphatic imine (C=N–C) groups is 1. The summed E-state index contributed by atoms with van der Waals surface area (Å²) in [5.74, 6) is 1.19. The Labute approximate surface area is 78.7 Å². The second-order valence-electron chi connectivity index (χ2n) is 4.17. The molecule has 2 aliphatic heterocycles. The summed E-state index contributed by atoms with van der Waals surface area (Å²) in [6.07, 6.45) is 8.39. The fraction of sp³-hybridized carbons (Fsp3) is 0.700. The Balaban J connectivity index is 1.96. The summed E-state index contributed by atoms with van der Waals surface area (Å²) in [5, 5.41) is 0. The molecule has 2 heterocycles. The molecule has 0 aromatic carbocycles. The number of likely N-dealkylation sites (N-methyl/N-ethyl adjacent to an activating group) is 1. The van der Waals surface area contributed by atoms with Gasteiger partial charge in [-0.05, 0) is 25.3 Å². The van der Waals surface area contributed by atoms with Crippen molar-refractivity contribution >= 4 is 5.96 Å². The van der Waals surface area contributed by atoms with Crippen LogP contribution in [-0.2, 0) is 0 Å². The van der Waals surface area contributed by atoms with Crippen molar-refractivity contribution in [1.29, 1.82) is 0 Å². The van der Waals surface area contributed by atoms with Gasteiger partial charge >= 0.3 is 0 Å². The Morgan fingerprint density at radius 1 is 1.46 bits per heavy atom. The lowest BCUT2D eigenvalue weighted by atomic mass is 10.2. The summed E-state index contributed by atoms with van der Waals surface area (Å²) in [5.41, 5.74) is 0. The molecule has 3 aliphatic rings. The average Bonchev–Trinajstić information content (AvgIpc) is 2.65. The molecule has 70 valence electrons. The molecule has 0 amide bonds. The highest BCUT2D eigenvalue weighted by Gasteiger charge is 2.40. The highest BCUT2D eigenvalue weighted by molar-refractivity contribution is 5.84. The van der Waals surface area contributed by atoms with Crippen molar-refractivity contribution in [2.24, 2.45) is 4.99 Å². The van der Waals surface area contributed by atoms with Gasteiger partial charge in [0.05, 0.1) is 12.1 Å². The Morgan fingerprint density at radius 2 is 2.38 bits per heavy atom. The monoisotopic (exact) mass is 177 g/mol. The molecule has 1 aliphatic carbocycles. The SMILES string of the molecule is CN1CC=CN2C1=NC1CCCC12. The van der Waals surface area contributed by atoms with Gasteiger partial charge in [-0.3, -0.25) is 0 Å². The quantitative estimate of drug-likeness (QED) is 0.550. The van der Waals surface area contributed by atoms with Gasteiger partial charge in [-0.25, -0.2) is 4.99 Å². The van der Waals surface area contributed by atoms with Gasteiger partial charge in [0.2, 0.25) is 5.96 Å². The van der Waals surface area contributed by atoms with Crippen molar-refractivity contribution < 1.29 is 0 Å².